The molecule has 0 saturated carbocycles. The molecule has 1 fully saturated rings. The first-order chi connectivity index (χ1) is 15.2. The van der Waals surface area contributed by atoms with Crippen LogP contribution in [0.3, 0.4) is 0 Å². The second kappa shape index (κ2) is 8.86. The van der Waals surface area contributed by atoms with Crippen LogP contribution in [0.2, 0.25) is 0 Å². The van der Waals surface area contributed by atoms with Crippen LogP contribution in [-0.4, -0.2) is 38.1 Å². The van der Waals surface area contributed by atoms with Crippen molar-refractivity contribution in [3.05, 3.63) is 76.9 Å². The van der Waals surface area contributed by atoms with Crippen molar-refractivity contribution in [2.75, 3.05) is 13.1 Å². The van der Waals surface area contributed by atoms with Crippen LogP contribution >= 0.6 is 11.3 Å². The van der Waals surface area contributed by atoms with E-state index in [1.165, 1.54) is 0 Å². The summed E-state index contributed by atoms with van der Waals surface area (Å²) in [5, 5.41) is 1.61. The topological polar surface area (TPSA) is 71.5 Å². The number of nitrogens with zero attached hydrogens (tertiary/aromatic N) is 2. The molecule has 0 aliphatic carbocycles. The van der Waals surface area contributed by atoms with Crippen molar-refractivity contribution >= 4 is 28.3 Å². The summed E-state index contributed by atoms with van der Waals surface area (Å²) in [5.74, 6) is -0.396. The molecule has 32 heavy (non-hydrogen) atoms. The third-order valence-electron chi connectivity index (χ3n) is 5.40. The molecule has 2 aromatic carbocycles. The number of aromatic nitrogens is 1. The van der Waals surface area contributed by atoms with Gasteiger partial charge in [0.05, 0.1) is 56.0 Å². The van der Waals surface area contributed by atoms with Crippen LogP contribution in [0.4, 0.5) is 0 Å². The fourth-order valence-electron chi connectivity index (χ4n) is 3.52. The molecule has 168 valence electrons. The third-order valence-corrected chi connectivity index (χ3v) is 8.07. The maximum absolute atomic E-state index is 13.0. The Morgan fingerprint density at radius 2 is 1.78 bits per heavy atom. The average Bonchev–Trinajstić information content (AvgIpc) is 3.17. The van der Waals surface area contributed by atoms with E-state index in [2.05, 4.69) is 34.0 Å². The van der Waals surface area contributed by atoms with E-state index in [1.54, 1.807) is 40.7 Å². The van der Waals surface area contributed by atoms with Gasteiger partial charge in [-0.05, 0) is 51.0 Å². The third kappa shape index (κ3) is 4.68. The van der Waals surface area contributed by atoms with E-state index in [9.17, 15) is 9.00 Å². The lowest BCUT2D eigenvalue weighted by molar-refractivity contribution is -0.187. The van der Waals surface area contributed by atoms with E-state index in [-0.39, 0.29) is 0 Å². The maximum atomic E-state index is 13.0. The number of hydroxylamine groups is 2. The molecular weight excluding hydrogens is 442 g/mol. The van der Waals surface area contributed by atoms with E-state index >= 15 is 0 Å². The lowest BCUT2D eigenvalue weighted by Gasteiger charge is -2.49. The summed E-state index contributed by atoms with van der Waals surface area (Å²) >= 11 is 1.61. The molecule has 3 aromatic rings. The highest BCUT2D eigenvalue weighted by atomic mass is 32.2. The summed E-state index contributed by atoms with van der Waals surface area (Å²) in [6.07, 6.45) is 0. The first-order valence-corrected chi connectivity index (χ1v) is 12.4. The van der Waals surface area contributed by atoms with E-state index in [4.69, 9.17) is 4.84 Å². The van der Waals surface area contributed by atoms with Crippen LogP contribution in [-0.2, 0) is 21.4 Å². The lowest BCUT2D eigenvalue weighted by atomic mass is 9.84. The van der Waals surface area contributed by atoms with Crippen molar-refractivity contribution in [1.82, 2.24) is 14.8 Å². The highest BCUT2D eigenvalue weighted by Crippen LogP contribution is 2.36. The minimum absolute atomic E-state index is 0.396. The second-order valence-corrected chi connectivity index (χ2v) is 11.8. The fourth-order valence-corrected chi connectivity index (χ4v) is 5.24. The summed E-state index contributed by atoms with van der Waals surface area (Å²) in [7, 11) is -1.28. The van der Waals surface area contributed by atoms with Crippen molar-refractivity contribution in [2.24, 2.45) is 0 Å². The molecule has 6 nitrogen and oxygen atoms in total. The number of rotatable bonds is 6. The molecule has 0 spiro atoms. The molecular formula is C24H27N3O3S2. The number of benzene rings is 2. The summed E-state index contributed by atoms with van der Waals surface area (Å²) in [6.45, 7) is 8.63. The van der Waals surface area contributed by atoms with Gasteiger partial charge in [0.2, 0.25) is 0 Å². The van der Waals surface area contributed by atoms with Crippen LogP contribution in [0, 0.1) is 6.92 Å². The Morgan fingerprint density at radius 1 is 1.12 bits per heavy atom. The van der Waals surface area contributed by atoms with Crippen LogP contribution < -0.4 is 4.72 Å². The Labute approximate surface area is 195 Å². The van der Waals surface area contributed by atoms with Gasteiger partial charge in [0, 0.05) is 0 Å². The monoisotopic (exact) mass is 469 g/mol. The van der Waals surface area contributed by atoms with Crippen LogP contribution in [0.25, 0.3) is 10.4 Å². The Morgan fingerprint density at radius 3 is 2.34 bits per heavy atom. The van der Waals surface area contributed by atoms with Gasteiger partial charge in [-0.2, -0.15) is 0 Å². The molecule has 1 saturated heterocycles. The first-order valence-electron chi connectivity index (χ1n) is 10.4. The van der Waals surface area contributed by atoms with Gasteiger partial charge < -0.3 is 4.84 Å². The largest absolute Gasteiger partial charge is 0.364 e. The minimum atomic E-state index is -1.28. The summed E-state index contributed by atoms with van der Waals surface area (Å²) in [6, 6.07) is 17.2. The second-order valence-electron chi connectivity index (χ2n) is 8.95. The molecule has 0 bridgehead atoms. The van der Waals surface area contributed by atoms with Crippen molar-refractivity contribution in [1.29, 1.82) is 0 Å². The van der Waals surface area contributed by atoms with E-state index in [0.717, 1.165) is 21.7 Å². The van der Waals surface area contributed by atoms with Crippen LogP contribution in [0.1, 0.15) is 42.4 Å². The highest BCUT2D eigenvalue weighted by molar-refractivity contribution is 7.84. The van der Waals surface area contributed by atoms with Gasteiger partial charge >= 0.3 is 5.97 Å². The molecule has 0 amide bonds. The van der Waals surface area contributed by atoms with Gasteiger partial charge in [0.15, 0.2) is 0 Å². The average molecular weight is 470 g/mol. The van der Waals surface area contributed by atoms with Gasteiger partial charge in [-0.25, -0.2) is 18.7 Å². The number of aryl methyl sites for hydroxylation is 1. The van der Waals surface area contributed by atoms with E-state index in [0.29, 0.717) is 18.7 Å². The fraction of sp³-hybridized carbons (Fsp3) is 0.333. The van der Waals surface area contributed by atoms with Gasteiger partial charge in [-0.1, -0.05) is 42.5 Å². The summed E-state index contributed by atoms with van der Waals surface area (Å²) in [5.41, 5.74) is 4.89. The first kappa shape index (κ1) is 22.8. The Balaban J connectivity index is 1.54. The smallest absolute Gasteiger partial charge is 0.357 e. The lowest BCUT2D eigenvalue weighted by Crippen LogP contribution is -2.67. The molecule has 1 unspecified atom stereocenters. The Bertz CT molecular complexity index is 1120. The van der Waals surface area contributed by atoms with Gasteiger partial charge in [-0.15, -0.1) is 16.4 Å². The summed E-state index contributed by atoms with van der Waals surface area (Å²) < 4.78 is 15.9. The van der Waals surface area contributed by atoms with Crippen molar-refractivity contribution in [3.8, 4) is 10.4 Å². The molecule has 1 N–H and O–H groups in total. The van der Waals surface area contributed by atoms with E-state index < -0.39 is 27.2 Å². The molecule has 1 aliphatic heterocycles. The predicted molar refractivity (Wildman–Crippen MR) is 128 cm³/mol. The predicted octanol–water partition coefficient (Wildman–Crippen LogP) is 4.45. The summed E-state index contributed by atoms with van der Waals surface area (Å²) in [4.78, 5) is 23.5. The van der Waals surface area contributed by atoms with Gasteiger partial charge in [0.1, 0.15) is 0 Å². The number of carbonyl (C=O) groups excluding carboxylic acids is 1. The number of nitrogens with one attached hydrogen (secondary N) is 1. The molecule has 0 radical (unpaired) electrons. The van der Waals surface area contributed by atoms with Crippen molar-refractivity contribution in [2.45, 2.75) is 38.0 Å². The van der Waals surface area contributed by atoms with Crippen molar-refractivity contribution < 1.29 is 13.8 Å². The zero-order valence-corrected chi connectivity index (χ0v) is 20.3. The number of hydrogen-bond acceptors (Lipinski definition) is 6. The van der Waals surface area contributed by atoms with Crippen LogP contribution in [0.5, 0.6) is 0 Å². The number of thiazole rings is 1. The molecule has 4 rings (SSSR count). The zero-order valence-electron chi connectivity index (χ0n) is 18.6. The Kier molecular flexibility index (Phi) is 6.31. The number of hydrogen-bond donors (Lipinski definition) is 1. The van der Waals surface area contributed by atoms with Gasteiger partial charge in [-0.3, -0.25) is 0 Å². The standard InChI is InChI=1S/C24H27N3O3S2/c1-17-21(31-16-25-17)18-10-12-20(13-11-18)24(26-32(29)23(2,3)4)14-27(15-24)30-22(28)19-8-6-5-7-9-19/h5-13,16,26H,14-15H2,1-4H3. The SMILES string of the molecule is Cc1ncsc1-c1ccc(C2(NS(=O)C(C)(C)C)CN(OC(=O)c3ccccc3)C2)cc1. The Hall–Kier alpha value is -2.39. The van der Waals surface area contributed by atoms with E-state index in [1.807, 2.05) is 39.3 Å². The molecule has 2 heterocycles. The zero-order chi connectivity index (χ0) is 22.9. The molecule has 1 aromatic heterocycles. The maximum Gasteiger partial charge on any atom is 0.357 e. The normalized spacial score (nSPS) is 16.9. The van der Waals surface area contributed by atoms with Crippen molar-refractivity contribution in [3.63, 3.8) is 0 Å². The van der Waals surface area contributed by atoms with Crippen LogP contribution in [0.15, 0.2) is 60.1 Å². The quantitative estimate of drug-likeness (QED) is 0.577. The molecule has 1 aliphatic rings. The van der Waals surface area contributed by atoms with Gasteiger partial charge in [0.25, 0.3) is 0 Å². The number of carbonyl (C=O) groups is 1. The molecule has 1 atom stereocenters. The molecule has 8 heteroatoms. The highest BCUT2D eigenvalue weighted by Gasteiger charge is 2.49. The minimum Gasteiger partial charge on any atom is -0.364 e.